The number of aromatic nitrogens is 4. The van der Waals surface area contributed by atoms with Crippen LogP contribution in [0.4, 0.5) is 9.59 Å². The van der Waals surface area contributed by atoms with Gasteiger partial charge in [-0.1, -0.05) is 63.6 Å². The molecule has 2 saturated heterocycles. The highest BCUT2D eigenvalue weighted by molar-refractivity contribution is 6.33. The van der Waals surface area contributed by atoms with Crippen molar-refractivity contribution in [3.05, 3.63) is 71.3 Å². The van der Waals surface area contributed by atoms with Gasteiger partial charge in [0.05, 0.1) is 48.4 Å². The van der Waals surface area contributed by atoms with Crippen LogP contribution in [0, 0.1) is 11.8 Å². The Morgan fingerprint density at radius 3 is 1.58 bits per heavy atom. The van der Waals surface area contributed by atoms with E-state index in [1.165, 1.54) is 14.2 Å². The van der Waals surface area contributed by atoms with E-state index in [4.69, 9.17) is 31.0 Å². The summed E-state index contributed by atoms with van der Waals surface area (Å²) in [6.07, 6.45) is 1.91. The highest BCUT2D eigenvalue weighted by Gasteiger charge is 2.39. The highest BCUT2D eigenvalue weighted by atomic mass is 35.5. The predicted molar refractivity (Wildman–Crippen MR) is 217 cm³/mol. The van der Waals surface area contributed by atoms with Gasteiger partial charge in [0.2, 0.25) is 11.8 Å². The molecular formula is C42H49ClN8O6. The molecule has 0 saturated carbocycles. The Balaban J connectivity index is 1.09. The molecule has 4 atom stereocenters. The van der Waals surface area contributed by atoms with Gasteiger partial charge in [-0.2, -0.15) is 0 Å². The molecule has 2 aliphatic heterocycles. The third-order valence-corrected chi connectivity index (χ3v) is 11.4. The second kappa shape index (κ2) is 16.5. The number of amides is 4. The predicted octanol–water partition coefficient (Wildman–Crippen LogP) is 7.51. The number of carbonyl (C=O) groups excluding carboxylic acids is 4. The molecule has 57 heavy (non-hydrogen) atoms. The number of halogens is 1. The summed E-state index contributed by atoms with van der Waals surface area (Å²) in [5.41, 5.74) is 6.92. The van der Waals surface area contributed by atoms with E-state index >= 15 is 0 Å². The van der Waals surface area contributed by atoms with Crippen LogP contribution in [0.1, 0.15) is 77.1 Å². The molecule has 300 valence electrons. The monoisotopic (exact) mass is 796 g/mol. The lowest BCUT2D eigenvalue weighted by molar-refractivity contribution is -0.136. The molecular weight excluding hydrogens is 748 g/mol. The third-order valence-electron chi connectivity index (χ3n) is 11.1. The molecule has 0 spiro atoms. The van der Waals surface area contributed by atoms with Gasteiger partial charge in [-0.15, -0.1) is 0 Å². The number of hydrogen-bond acceptors (Lipinski definition) is 8. The molecule has 14 nitrogen and oxygen atoms in total. The van der Waals surface area contributed by atoms with Crippen LogP contribution in [0.15, 0.2) is 54.6 Å². The maximum Gasteiger partial charge on any atom is 0.407 e. The standard InChI is InChI=1S/C42H49ClN8O6/c1-22(2)35(48-41(54)56-5)39(52)50-17-7-9-33(50)37-44-29-15-12-25(20-31(29)46-37)24-11-14-27(28(43)19-24)26-13-16-30-32(21-26)47-38(45-30)34-10-8-18-51(34)40(53)36(23(3)4)49-42(55)57-6/h11-16,19-23,33-36H,7-10,17-18H2,1-6H3,(H,44,46)(H,45,47)(H,48,54)(H,49,55)/t33?,34?,35?,36-/m0/s1. The van der Waals surface area contributed by atoms with E-state index in [0.717, 1.165) is 70.0 Å². The minimum Gasteiger partial charge on any atom is -0.453 e. The number of ether oxygens (including phenoxy) is 2. The van der Waals surface area contributed by atoms with Gasteiger partial charge in [-0.25, -0.2) is 19.6 Å². The molecule has 2 aromatic heterocycles. The topological polar surface area (TPSA) is 175 Å². The molecule has 5 aromatic rings. The molecule has 0 radical (unpaired) electrons. The summed E-state index contributed by atoms with van der Waals surface area (Å²) in [5, 5.41) is 5.98. The molecule has 2 fully saturated rings. The maximum atomic E-state index is 13.6. The SMILES string of the molecule is COC(=O)NC(C(=O)N1CCCC1c1nc2ccc(-c3ccc(-c4ccc5nc(C6CCCN6C(=O)[C@@H](NC(=O)OC)C(C)C)[nH]c5c4)c(Cl)c3)cc2[nH]1)C(C)C. The summed E-state index contributed by atoms with van der Waals surface area (Å²) < 4.78 is 9.54. The van der Waals surface area contributed by atoms with E-state index < -0.39 is 24.3 Å². The van der Waals surface area contributed by atoms with Crippen molar-refractivity contribution in [3.63, 3.8) is 0 Å². The summed E-state index contributed by atoms with van der Waals surface area (Å²) in [7, 11) is 2.57. The number of benzene rings is 3. The van der Waals surface area contributed by atoms with E-state index in [9.17, 15) is 19.2 Å². The largest absolute Gasteiger partial charge is 0.453 e. The quantitative estimate of drug-likeness (QED) is 0.112. The van der Waals surface area contributed by atoms with Crippen LogP contribution in [0.25, 0.3) is 44.3 Å². The lowest BCUT2D eigenvalue weighted by atomic mass is 9.99. The number of alkyl carbamates (subject to hydrolysis) is 2. The minimum atomic E-state index is -0.708. The molecule has 3 unspecified atom stereocenters. The number of methoxy groups -OCH3 is 2. The summed E-state index contributed by atoms with van der Waals surface area (Å²) in [5.74, 6) is 0.862. The zero-order valence-electron chi connectivity index (χ0n) is 33.0. The van der Waals surface area contributed by atoms with E-state index in [1.54, 1.807) is 9.80 Å². The summed E-state index contributed by atoms with van der Waals surface area (Å²) >= 11 is 6.97. The molecule has 4 heterocycles. The van der Waals surface area contributed by atoms with Crippen LogP contribution < -0.4 is 10.6 Å². The van der Waals surface area contributed by atoms with Gasteiger partial charge in [-0.3, -0.25) is 9.59 Å². The van der Waals surface area contributed by atoms with Gasteiger partial charge in [0, 0.05) is 23.7 Å². The molecule has 0 bridgehead atoms. The van der Waals surface area contributed by atoms with Gasteiger partial charge in [-0.05, 0) is 84.5 Å². The highest BCUT2D eigenvalue weighted by Crippen LogP contribution is 2.37. The van der Waals surface area contributed by atoms with Crippen molar-refractivity contribution >= 4 is 57.7 Å². The number of imidazole rings is 2. The summed E-state index contributed by atoms with van der Waals surface area (Å²) in [6, 6.07) is 16.1. The summed E-state index contributed by atoms with van der Waals surface area (Å²) in [4.78, 5) is 71.5. The Hall–Kier alpha value is -5.63. The average Bonchev–Trinajstić information content (AvgIpc) is 4.03. The normalized spacial score (nSPS) is 18.1. The van der Waals surface area contributed by atoms with Gasteiger partial charge in [0.1, 0.15) is 23.7 Å². The summed E-state index contributed by atoms with van der Waals surface area (Å²) in [6.45, 7) is 8.73. The van der Waals surface area contributed by atoms with E-state index in [2.05, 4.69) is 20.6 Å². The number of carbonyl (C=O) groups is 4. The molecule has 4 amide bonds. The molecule has 0 aliphatic carbocycles. The van der Waals surface area contributed by atoms with Crippen LogP contribution in [0.3, 0.4) is 0 Å². The Morgan fingerprint density at radius 1 is 0.684 bits per heavy atom. The number of rotatable bonds is 10. The first kappa shape index (κ1) is 39.6. The van der Waals surface area contributed by atoms with Gasteiger partial charge < -0.3 is 39.9 Å². The van der Waals surface area contributed by atoms with Crippen LogP contribution in [-0.4, -0.2) is 93.1 Å². The van der Waals surface area contributed by atoms with Crippen LogP contribution in [0.2, 0.25) is 5.02 Å². The second-order valence-corrected chi connectivity index (χ2v) is 15.9. The van der Waals surface area contributed by atoms with Crippen molar-refractivity contribution < 1.29 is 28.7 Å². The zero-order chi connectivity index (χ0) is 40.5. The fourth-order valence-corrected chi connectivity index (χ4v) is 8.33. The maximum absolute atomic E-state index is 13.6. The first-order chi connectivity index (χ1) is 27.4. The van der Waals surface area contributed by atoms with Crippen molar-refractivity contribution in [1.29, 1.82) is 0 Å². The first-order valence-corrected chi connectivity index (χ1v) is 19.8. The van der Waals surface area contributed by atoms with Gasteiger partial charge in [0.25, 0.3) is 0 Å². The lowest BCUT2D eigenvalue weighted by Gasteiger charge is -2.29. The number of H-pyrrole nitrogens is 2. The first-order valence-electron chi connectivity index (χ1n) is 19.5. The van der Waals surface area contributed by atoms with E-state index in [-0.39, 0.29) is 35.7 Å². The second-order valence-electron chi connectivity index (χ2n) is 15.5. The number of hydrogen-bond donors (Lipinski definition) is 4. The average molecular weight is 797 g/mol. The smallest absolute Gasteiger partial charge is 0.407 e. The van der Waals surface area contributed by atoms with Crippen LogP contribution >= 0.6 is 11.6 Å². The van der Waals surface area contributed by atoms with Crippen molar-refractivity contribution in [2.75, 3.05) is 27.3 Å². The van der Waals surface area contributed by atoms with Gasteiger partial charge >= 0.3 is 12.2 Å². The fourth-order valence-electron chi connectivity index (χ4n) is 8.04. The number of aromatic amines is 2. The molecule has 2 aliphatic rings. The van der Waals surface area contributed by atoms with Crippen LogP contribution in [0.5, 0.6) is 0 Å². The molecule has 7 rings (SSSR count). The molecule has 3 aromatic carbocycles. The number of likely N-dealkylation sites (tertiary alicyclic amines) is 2. The molecule has 15 heteroatoms. The van der Waals surface area contributed by atoms with E-state index in [1.807, 2.05) is 82.3 Å². The number of fused-ring (bicyclic) bond motifs is 2. The van der Waals surface area contributed by atoms with Crippen molar-refractivity contribution in [2.45, 2.75) is 77.5 Å². The minimum absolute atomic E-state index is 0.120. The zero-order valence-corrected chi connectivity index (χ0v) is 33.8. The van der Waals surface area contributed by atoms with Crippen molar-refractivity contribution in [3.8, 4) is 22.3 Å². The number of nitrogens with zero attached hydrogens (tertiary/aromatic N) is 4. The van der Waals surface area contributed by atoms with Gasteiger partial charge in [0.15, 0.2) is 0 Å². The number of nitrogens with one attached hydrogen (secondary N) is 4. The Bertz CT molecular complexity index is 2320. The van der Waals surface area contributed by atoms with Crippen molar-refractivity contribution in [1.82, 2.24) is 40.4 Å². The third kappa shape index (κ3) is 8.00. The van der Waals surface area contributed by atoms with Crippen LogP contribution in [-0.2, 0) is 19.1 Å². The fraction of sp³-hybridized carbons (Fsp3) is 0.429. The Kier molecular flexibility index (Phi) is 11.4. The molecule has 4 N–H and O–H groups in total. The van der Waals surface area contributed by atoms with Crippen molar-refractivity contribution in [2.24, 2.45) is 11.8 Å². The Labute approximate surface area is 336 Å². The Morgan fingerprint density at radius 2 is 1.12 bits per heavy atom. The lowest BCUT2D eigenvalue weighted by Crippen LogP contribution is -2.51. The van der Waals surface area contributed by atoms with E-state index in [0.29, 0.717) is 29.8 Å².